The van der Waals surface area contributed by atoms with E-state index in [9.17, 15) is 18.8 Å². The van der Waals surface area contributed by atoms with Crippen molar-refractivity contribution in [3.05, 3.63) is 107 Å². The summed E-state index contributed by atoms with van der Waals surface area (Å²) in [6, 6.07) is 17.4. The Morgan fingerprint density at radius 1 is 1.05 bits per heavy atom. The molecule has 0 radical (unpaired) electrons. The lowest BCUT2D eigenvalue weighted by atomic mass is 10.2. The Hall–Kier alpha value is -4.53. The van der Waals surface area contributed by atoms with Crippen molar-refractivity contribution >= 4 is 28.5 Å². The Morgan fingerprint density at radius 2 is 1.84 bits per heavy atom. The topological polar surface area (TPSA) is 89.2 Å². The molecule has 2 aromatic carbocycles. The molecule has 0 bridgehead atoms. The van der Waals surface area contributed by atoms with Gasteiger partial charge in [-0.1, -0.05) is 36.4 Å². The van der Waals surface area contributed by atoms with Gasteiger partial charge in [-0.25, -0.2) is 9.37 Å². The van der Waals surface area contributed by atoms with Crippen molar-refractivity contribution in [2.75, 3.05) is 19.4 Å². The second-order valence-corrected chi connectivity index (χ2v) is 9.16. The number of amides is 2. The molecule has 196 valence electrons. The molecule has 0 spiro atoms. The molecular weight excluding hydrogens is 485 g/mol. The summed E-state index contributed by atoms with van der Waals surface area (Å²) in [5, 5.41) is 2.69. The van der Waals surface area contributed by atoms with Crippen molar-refractivity contribution in [3.63, 3.8) is 0 Å². The zero-order valence-electron chi connectivity index (χ0n) is 21.4. The van der Waals surface area contributed by atoms with Crippen LogP contribution in [0.2, 0.25) is 0 Å². The monoisotopic (exact) mass is 515 g/mol. The highest BCUT2D eigenvalue weighted by molar-refractivity contribution is 5.90. The summed E-state index contributed by atoms with van der Waals surface area (Å²) < 4.78 is 17.5. The van der Waals surface area contributed by atoms with Crippen molar-refractivity contribution in [3.8, 4) is 0 Å². The number of pyridine rings is 1. The Labute approximate surface area is 220 Å². The molecule has 2 aromatic heterocycles. The summed E-state index contributed by atoms with van der Waals surface area (Å²) in [6.45, 7) is 0.617. The second kappa shape index (κ2) is 12.1. The van der Waals surface area contributed by atoms with Gasteiger partial charge in [0.2, 0.25) is 11.8 Å². The van der Waals surface area contributed by atoms with Crippen LogP contribution in [-0.2, 0) is 22.7 Å². The van der Waals surface area contributed by atoms with Gasteiger partial charge < -0.3 is 19.4 Å². The van der Waals surface area contributed by atoms with Gasteiger partial charge in [-0.2, -0.15) is 0 Å². The molecule has 0 unspecified atom stereocenters. The van der Waals surface area contributed by atoms with Crippen molar-refractivity contribution in [2.24, 2.45) is 0 Å². The zero-order valence-corrected chi connectivity index (χ0v) is 21.4. The van der Waals surface area contributed by atoms with E-state index in [1.165, 1.54) is 27.7 Å². The highest BCUT2D eigenvalue weighted by Crippen LogP contribution is 2.20. The van der Waals surface area contributed by atoms with Crippen LogP contribution in [0.15, 0.2) is 83.8 Å². The fourth-order valence-electron chi connectivity index (χ4n) is 4.04. The first-order valence-corrected chi connectivity index (χ1v) is 12.4. The minimum absolute atomic E-state index is 0.110. The largest absolute Gasteiger partial charge is 0.345 e. The maximum Gasteiger partial charge on any atom is 0.274 e. The molecule has 0 fully saturated rings. The normalized spacial score (nSPS) is 11.2. The van der Waals surface area contributed by atoms with Crippen LogP contribution >= 0.6 is 0 Å². The van der Waals surface area contributed by atoms with Crippen LogP contribution in [0, 0.1) is 5.82 Å². The number of nitrogens with zero attached hydrogens (tertiary/aromatic N) is 4. The lowest BCUT2D eigenvalue weighted by molar-refractivity contribution is -0.123. The number of fused-ring (bicyclic) bond motifs is 1. The quantitative estimate of drug-likeness (QED) is 0.253. The summed E-state index contributed by atoms with van der Waals surface area (Å²) in [5.74, 6) is -0.153. The lowest BCUT2D eigenvalue weighted by Crippen LogP contribution is -2.26. The van der Waals surface area contributed by atoms with E-state index in [0.717, 1.165) is 5.56 Å². The summed E-state index contributed by atoms with van der Waals surface area (Å²) in [6.07, 6.45) is 6.19. The standard InChI is InChI=1S/C29H30FN5O3/c1-33(2)28(37)14-8-4-7-13-27(36)32-24-12-9-17-34(29(24)38)20-26-31-23-16-15-22(30)18-25(23)35(26)19-21-10-5-3-6-11-21/h3,5-6,8-12,14-18H,4,7,13,19-20H2,1-2H3,(H,32,36)/b14-8+. The lowest BCUT2D eigenvalue weighted by Gasteiger charge is -2.12. The van der Waals surface area contributed by atoms with Crippen molar-refractivity contribution < 1.29 is 14.0 Å². The molecule has 0 aliphatic carbocycles. The minimum Gasteiger partial charge on any atom is -0.345 e. The molecular formula is C29H30FN5O3. The minimum atomic E-state index is -0.361. The number of imidazole rings is 1. The molecule has 2 amide bonds. The third-order valence-electron chi connectivity index (χ3n) is 6.05. The number of hydrogen-bond acceptors (Lipinski definition) is 4. The highest BCUT2D eigenvalue weighted by atomic mass is 19.1. The molecule has 8 nitrogen and oxygen atoms in total. The number of rotatable bonds is 10. The molecule has 9 heteroatoms. The van der Waals surface area contributed by atoms with Crippen LogP contribution in [-0.4, -0.2) is 44.9 Å². The van der Waals surface area contributed by atoms with E-state index in [0.29, 0.717) is 36.2 Å². The molecule has 2 heterocycles. The first-order chi connectivity index (χ1) is 18.3. The molecule has 0 saturated carbocycles. The molecule has 38 heavy (non-hydrogen) atoms. The average molecular weight is 516 g/mol. The highest BCUT2D eigenvalue weighted by Gasteiger charge is 2.15. The molecule has 1 N–H and O–H groups in total. The molecule has 4 aromatic rings. The van der Waals surface area contributed by atoms with E-state index in [1.54, 1.807) is 44.6 Å². The van der Waals surface area contributed by atoms with E-state index in [-0.39, 0.29) is 41.8 Å². The number of benzene rings is 2. The van der Waals surface area contributed by atoms with E-state index in [1.807, 2.05) is 34.9 Å². The molecule has 0 aliphatic heterocycles. The Morgan fingerprint density at radius 3 is 2.61 bits per heavy atom. The van der Waals surface area contributed by atoms with Crippen LogP contribution in [0.4, 0.5) is 10.1 Å². The number of nitrogens with one attached hydrogen (secondary N) is 1. The van der Waals surface area contributed by atoms with Crippen LogP contribution in [0.1, 0.15) is 30.7 Å². The van der Waals surface area contributed by atoms with Crippen molar-refractivity contribution in [1.29, 1.82) is 0 Å². The molecule has 0 atom stereocenters. The average Bonchev–Trinajstić information content (AvgIpc) is 3.22. The van der Waals surface area contributed by atoms with Crippen molar-refractivity contribution in [2.45, 2.75) is 32.4 Å². The zero-order chi connectivity index (χ0) is 27.1. The van der Waals surface area contributed by atoms with Crippen LogP contribution in [0.5, 0.6) is 0 Å². The van der Waals surface area contributed by atoms with E-state index >= 15 is 0 Å². The maximum absolute atomic E-state index is 14.1. The number of hydrogen-bond donors (Lipinski definition) is 1. The smallest absolute Gasteiger partial charge is 0.274 e. The van der Waals surface area contributed by atoms with Gasteiger partial charge in [0.15, 0.2) is 0 Å². The number of allylic oxidation sites excluding steroid dienone is 1. The Balaban J connectivity index is 1.49. The third-order valence-corrected chi connectivity index (χ3v) is 6.05. The van der Waals surface area contributed by atoms with Gasteiger partial charge in [0, 0.05) is 33.3 Å². The Bertz CT molecular complexity index is 1520. The number of halogens is 1. The maximum atomic E-state index is 14.1. The second-order valence-electron chi connectivity index (χ2n) is 9.16. The molecule has 0 saturated heterocycles. The van der Waals surface area contributed by atoms with E-state index in [2.05, 4.69) is 10.3 Å². The van der Waals surface area contributed by atoms with Gasteiger partial charge in [0.1, 0.15) is 17.3 Å². The number of carbonyl (C=O) groups excluding carboxylic acids is 2. The molecule has 4 rings (SSSR count). The van der Waals surface area contributed by atoms with Crippen LogP contribution < -0.4 is 10.9 Å². The Kier molecular flexibility index (Phi) is 8.47. The number of carbonyl (C=O) groups is 2. The number of aromatic nitrogens is 3. The first kappa shape index (κ1) is 26.5. The van der Waals surface area contributed by atoms with Crippen LogP contribution in [0.3, 0.4) is 0 Å². The van der Waals surface area contributed by atoms with Gasteiger partial charge in [-0.3, -0.25) is 14.4 Å². The fraction of sp³-hybridized carbons (Fsp3) is 0.241. The van der Waals surface area contributed by atoms with Crippen molar-refractivity contribution in [1.82, 2.24) is 19.0 Å². The van der Waals surface area contributed by atoms with Gasteiger partial charge in [-0.15, -0.1) is 0 Å². The first-order valence-electron chi connectivity index (χ1n) is 12.4. The summed E-state index contributed by atoms with van der Waals surface area (Å²) in [5.41, 5.74) is 2.11. The number of unbranched alkanes of at least 4 members (excludes halogenated alkanes) is 1. The fourth-order valence-corrected chi connectivity index (χ4v) is 4.04. The van der Waals surface area contributed by atoms with Gasteiger partial charge in [-0.05, 0) is 54.8 Å². The number of likely N-dealkylation sites (N-methyl/N-ethyl adjacent to an activating group) is 1. The predicted molar refractivity (Wildman–Crippen MR) is 145 cm³/mol. The van der Waals surface area contributed by atoms with Gasteiger partial charge >= 0.3 is 0 Å². The predicted octanol–water partition coefficient (Wildman–Crippen LogP) is 4.19. The van der Waals surface area contributed by atoms with Gasteiger partial charge in [0.05, 0.1) is 17.6 Å². The number of anilines is 1. The van der Waals surface area contributed by atoms with E-state index in [4.69, 9.17) is 0 Å². The van der Waals surface area contributed by atoms with E-state index < -0.39 is 0 Å². The summed E-state index contributed by atoms with van der Waals surface area (Å²) in [7, 11) is 3.34. The summed E-state index contributed by atoms with van der Waals surface area (Å²) in [4.78, 5) is 43.3. The van der Waals surface area contributed by atoms with Crippen LogP contribution in [0.25, 0.3) is 11.0 Å². The van der Waals surface area contributed by atoms with Gasteiger partial charge in [0.25, 0.3) is 5.56 Å². The summed E-state index contributed by atoms with van der Waals surface area (Å²) >= 11 is 0. The SMILES string of the molecule is CN(C)C(=O)/C=C/CCCC(=O)Nc1cccn(Cc2nc3ccc(F)cc3n2Cc2ccccc2)c1=O. The molecule has 0 aliphatic rings. The third kappa shape index (κ3) is 6.61.